The molecule has 0 heterocycles. The third-order valence-corrected chi connectivity index (χ3v) is 3.14. The molecule has 0 bridgehead atoms. The minimum absolute atomic E-state index is 0.0921. The summed E-state index contributed by atoms with van der Waals surface area (Å²) in [6, 6.07) is 0. The van der Waals surface area contributed by atoms with Gasteiger partial charge in [-0.3, -0.25) is 4.79 Å². The highest BCUT2D eigenvalue weighted by atomic mass is 16.5. The minimum atomic E-state index is -0.236. The van der Waals surface area contributed by atoms with E-state index >= 15 is 0 Å². The maximum absolute atomic E-state index is 11.4. The van der Waals surface area contributed by atoms with Crippen LogP contribution < -0.4 is 0 Å². The van der Waals surface area contributed by atoms with E-state index in [9.17, 15) is 9.90 Å². The zero-order valence-electron chi connectivity index (χ0n) is 11.1. The highest BCUT2D eigenvalue weighted by Crippen LogP contribution is 2.29. The Morgan fingerprint density at radius 1 is 1.38 bits per heavy atom. The average molecular weight is 230 g/mol. The van der Waals surface area contributed by atoms with E-state index in [-0.39, 0.29) is 23.9 Å². The minimum Gasteiger partial charge on any atom is -0.465 e. The molecule has 96 valence electrons. The average Bonchev–Trinajstić information content (AvgIpc) is 2.29. The van der Waals surface area contributed by atoms with Crippen LogP contribution in [0.25, 0.3) is 0 Å². The largest absolute Gasteiger partial charge is 0.465 e. The summed E-state index contributed by atoms with van der Waals surface area (Å²) in [4.78, 5) is 11.4. The summed E-state index contributed by atoms with van der Waals surface area (Å²) < 4.78 is 5.25. The molecule has 1 unspecified atom stereocenters. The molecular weight excluding hydrogens is 204 g/mol. The summed E-state index contributed by atoms with van der Waals surface area (Å²) in [5, 5.41) is 9.46. The molecule has 0 aliphatic heterocycles. The number of unbranched alkanes of at least 4 members (excludes halogenated alkanes) is 1. The van der Waals surface area contributed by atoms with Gasteiger partial charge < -0.3 is 9.84 Å². The Hall–Kier alpha value is -0.570. The van der Waals surface area contributed by atoms with Gasteiger partial charge in [0.15, 0.2) is 0 Å². The Bertz CT molecular complexity index is 195. The Balaban J connectivity index is 4.25. The van der Waals surface area contributed by atoms with Crippen molar-refractivity contribution in [2.24, 2.45) is 11.3 Å². The standard InChI is InChI=1S/C13H26O3/c1-5-7-8-13(6-2,9-14)10-16-12(15)11(3)4/h11,14H,5-10H2,1-4H3. The fourth-order valence-electron chi connectivity index (χ4n) is 1.53. The lowest BCUT2D eigenvalue weighted by molar-refractivity contribution is -0.152. The molecule has 0 fully saturated rings. The maximum Gasteiger partial charge on any atom is 0.308 e. The third-order valence-electron chi connectivity index (χ3n) is 3.14. The number of hydrogen-bond acceptors (Lipinski definition) is 3. The van der Waals surface area contributed by atoms with E-state index in [2.05, 4.69) is 6.92 Å². The van der Waals surface area contributed by atoms with Gasteiger partial charge >= 0.3 is 5.97 Å². The van der Waals surface area contributed by atoms with Crippen LogP contribution in [0, 0.1) is 11.3 Å². The van der Waals surface area contributed by atoms with Crippen molar-refractivity contribution in [2.45, 2.75) is 53.4 Å². The number of hydrogen-bond donors (Lipinski definition) is 1. The van der Waals surface area contributed by atoms with Gasteiger partial charge in [0.25, 0.3) is 0 Å². The van der Waals surface area contributed by atoms with E-state index in [0.29, 0.717) is 6.61 Å². The Morgan fingerprint density at radius 2 is 2.00 bits per heavy atom. The van der Waals surface area contributed by atoms with E-state index in [1.807, 2.05) is 20.8 Å². The lowest BCUT2D eigenvalue weighted by atomic mass is 9.82. The van der Waals surface area contributed by atoms with Gasteiger partial charge in [-0.2, -0.15) is 0 Å². The summed E-state index contributed by atoms with van der Waals surface area (Å²) in [7, 11) is 0. The Labute approximate surface area is 99.2 Å². The van der Waals surface area contributed by atoms with E-state index in [1.54, 1.807) is 0 Å². The first-order valence-corrected chi connectivity index (χ1v) is 6.28. The van der Waals surface area contributed by atoms with Crippen LogP contribution in [0.3, 0.4) is 0 Å². The van der Waals surface area contributed by atoms with E-state index in [1.165, 1.54) is 0 Å². The number of aliphatic hydroxyl groups excluding tert-OH is 1. The predicted molar refractivity (Wildman–Crippen MR) is 65.1 cm³/mol. The van der Waals surface area contributed by atoms with Crippen molar-refractivity contribution in [2.75, 3.05) is 13.2 Å². The molecular formula is C13H26O3. The van der Waals surface area contributed by atoms with Crippen molar-refractivity contribution in [3.63, 3.8) is 0 Å². The van der Waals surface area contributed by atoms with Crippen LogP contribution in [-0.2, 0) is 9.53 Å². The zero-order chi connectivity index (χ0) is 12.6. The van der Waals surface area contributed by atoms with Crippen molar-refractivity contribution < 1.29 is 14.6 Å². The van der Waals surface area contributed by atoms with E-state index in [0.717, 1.165) is 25.7 Å². The first-order valence-electron chi connectivity index (χ1n) is 6.28. The summed E-state index contributed by atoms with van der Waals surface area (Å²) in [6.45, 7) is 8.24. The van der Waals surface area contributed by atoms with Crippen LogP contribution in [0.5, 0.6) is 0 Å². The van der Waals surface area contributed by atoms with Crippen LogP contribution in [0.2, 0.25) is 0 Å². The summed E-state index contributed by atoms with van der Waals surface area (Å²) in [5.74, 6) is -0.276. The monoisotopic (exact) mass is 230 g/mol. The summed E-state index contributed by atoms with van der Waals surface area (Å²) >= 11 is 0. The highest BCUT2D eigenvalue weighted by Gasteiger charge is 2.29. The lowest BCUT2D eigenvalue weighted by Gasteiger charge is -2.30. The predicted octanol–water partition coefficient (Wildman–Crippen LogP) is 2.76. The highest BCUT2D eigenvalue weighted by molar-refractivity contribution is 5.71. The fourth-order valence-corrected chi connectivity index (χ4v) is 1.53. The molecule has 0 rings (SSSR count). The smallest absolute Gasteiger partial charge is 0.308 e. The molecule has 0 saturated heterocycles. The van der Waals surface area contributed by atoms with E-state index < -0.39 is 0 Å². The molecule has 0 aliphatic carbocycles. The second-order valence-electron chi connectivity index (χ2n) is 4.88. The number of esters is 1. The van der Waals surface area contributed by atoms with Crippen LogP contribution in [0.1, 0.15) is 53.4 Å². The van der Waals surface area contributed by atoms with Gasteiger partial charge in [0.1, 0.15) is 0 Å². The van der Waals surface area contributed by atoms with Crippen LogP contribution in [0.15, 0.2) is 0 Å². The van der Waals surface area contributed by atoms with Crippen molar-refractivity contribution in [1.29, 1.82) is 0 Å². The molecule has 0 aromatic heterocycles. The maximum atomic E-state index is 11.4. The molecule has 0 aromatic rings. The van der Waals surface area contributed by atoms with Gasteiger partial charge in [-0.05, 0) is 12.8 Å². The first-order chi connectivity index (χ1) is 7.51. The van der Waals surface area contributed by atoms with Crippen LogP contribution in [0.4, 0.5) is 0 Å². The van der Waals surface area contributed by atoms with Gasteiger partial charge in [-0.1, -0.05) is 40.5 Å². The molecule has 0 radical (unpaired) electrons. The van der Waals surface area contributed by atoms with Crippen LogP contribution >= 0.6 is 0 Å². The molecule has 1 N–H and O–H groups in total. The normalized spacial score (nSPS) is 14.9. The SMILES string of the molecule is CCCCC(CC)(CO)COC(=O)C(C)C. The Morgan fingerprint density at radius 3 is 2.38 bits per heavy atom. The fraction of sp³-hybridized carbons (Fsp3) is 0.923. The Kier molecular flexibility index (Phi) is 7.39. The molecule has 0 aliphatic rings. The first kappa shape index (κ1) is 15.4. The molecule has 3 nitrogen and oxygen atoms in total. The van der Waals surface area contributed by atoms with Crippen molar-refractivity contribution in [1.82, 2.24) is 0 Å². The topological polar surface area (TPSA) is 46.5 Å². The number of carbonyl (C=O) groups is 1. The molecule has 0 spiro atoms. The number of aliphatic hydroxyl groups is 1. The van der Waals surface area contributed by atoms with Gasteiger partial charge in [-0.15, -0.1) is 0 Å². The van der Waals surface area contributed by atoms with Crippen molar-refractivity contribution in [3.05, 3.63) is 0 Å². The number of rotatable bonds is 8. The second-order valence-corrected chi connectivity index (χ2v) is 4.88. The quantitative estimate of drug-likeness (QED) is 0.652. The van der Waals surface area contributed by atoms with Crippen molar-refractivity contribution in [3.8, 4) is 0 Å². The molecule has 0 saturated carbocycles. The summed E-state index contributed by atoms with van der Waals surface area (Å²) in [5.41, 5.74) is -0.236. The van der Waals surface area contributed by atoms with Crippen LogP contribution in [-0.4, -0.2) is 24.3 Å². The van der Waals surface area contributed by atoms with Gasteiger partial charge in [-0.25, -0.2) is 0 Å². The second kappa shape index (κ2) is 7.66. The van der Waals surface area contributed by atoms with Crippen molar-refractivity contribution >= 4 is 5.97 Å². The van der Waals surface area contributed by atoms with E-state index in [4.69, 9.17) is 4.74 Å². The lowest BCUT2D eigenvalue weighted by Crippen LogP contribution is -2.32. The third kappa shape index (κ3) is 4.97. The zero-order valence-corrected chi connectivity index (χ0v) is 11.1. The summed E-state index contributed by atoms with van der Waals surface area (Å²) in [6.07, 6.45) is 3.92. The molecule has 16 heavy (non-hydrogen) atoms. The van der Waals surface area contributed by atoms with Gasteiger partial charge in [0, 0.05) is 5.41 Å². The number of carbonyl (C=O) groups excluding carboxylic acids is 1. The molecule has 1 atom stereocenters. The molecule has 3 heteroatoms. The molecule has 0 amide bonds. The molecule has 0 aromatic carbocycles. The number of ether oxygens (including phenoxy) is 1. The van der Waals surface area contributed by atoms with Gasteiger partial charge in [0.05, 0.1) is 19.1 Å². The van der Waals surface area contributed by atoms with Gasteiger partial charge in [0.2, 0.25) is 0 Å².